The molecule has 1 N–H and O–H groups in total. The number of epoxide rings is 1. The van der Waals surface area contributed by atoms with E-state index in [-0.39, 0.29) is 18.5 Å². The van der Waals surface area contributed by atoms with Crippen molar-refractivity contribution in [2.75, 3.05) is 20.3 Å². The zero-order chi connectivity index (χ0) is 13.2. The van der Waals surface area contributed by atoms with Crippen LogP contribution in [0.4, 0.5) is 0 Å². The van der Waals surface area contributed by atoms with E-state index in [4.69, 9.17) is 9.47 Å². The van der Waals surface area contributed by atoms with Crippen LogP contribution < -0.4 is 4.74 Å². The Kier molecular flexibility index (Phi) is 3.13. The molecular formula is C14H15NO4. The number of fused-ring (bicyclic) bond motifs is 1. The van der Waals surface area contributed by atoms with E-state index in [2.05, 4.69) is 9.72 Å². The topological polar surface area (TPSA) is 63.9 Å². The Morgan fingerprint density at radius 3 is 3.11 bits per heavy atom. The first-order valence-corrected chi connectivity index (χ1v) is 6.17. The van der Waals surface area contributed by atoms with Crippen molar-refractivity contribution in [3.63, 3.8) is 0 Å². The maximum atomic E-state index is 11.3. The summed E-state index contributed by atoms with van der Waals surface area (Å²) in [6, 6.07) is 5.79. The monoisotopic (exact) mass is 261 g/mol. The number of hydrogen-bond acceptors (Lipinski definition) is 4. The molecule has 2 heterocycles. The summed E-state index contributed by atoms with van der Waals surface area (Å²) in [6.07, 6.45) is 2.32. The number of rotatable bonds is 5. The Morgan fingerprint density at radius 2 is 2.37 bits per heavy atom. The van der Waals surface area contributed by atoms with E-state index in [0.29, 0.717) is 6.61 Å². The summed E-state index contributed by atoms with van der Waals surface area (Å²) in [5, 5.41) is 0.986. The number of carbonyl (C=O) groups excluding carboxylic acids is 1. The number of methoxy groups -OCH3 is 1. The number of H-pyrrole nitrogens is 1. The minimum Gasteiger partial charge on any atom is -0.491 e. The van der Waals surface area contributed by atoms with Gasteiger partial charge in [0.25, 0.3) is 0 Å². The molecule has 3 rings (SSSR count). The Bertz CT molecular complexity index is 601. The van der Waals surface area contributed by atoms with Crippen molar-refractivity contribution in [1.29, 1.82) is 0 Å². The van der Waals surface area contributed by atoms with Crippen LogP contribution in [0.1, 0.15) is 5.56 Å². The summed E-state index contributed by atoms with van der Waals surface area (Å²) in [6.45, 7) is 1.35. The van der Waals surface area contributed by atoms with Gasteiger partial charge in [0, 0.05) is 17.1 Å². The van der Waals surface area contributed by atoms with E-state index in [0.717, 1.165) is 28.8 Å². The SMILES string of the molecule is COC(=O)Cc1c[nH]c2ccc(OC[C@@H]3CO3)cc12. The number of nitrogens with one attached hydrogen (secondary N) is 1. The molecule has 0 bridgehead atoms. The van der Waals surface area contributed by atoms with Crippen LogP contribution in [-0.2, 0) is 20.7 Å². The second-order valence-corrected chi connectivity index (χ2v) is 4.54. The number of aromatic amines is 1. The third-order valence-corrected chi connectivity index (χ3v) is 3.14. The van der Waals surface area contributed by atoms with Crippen molar-refractivity contribution >= 4 is 16.9 Å². The second-order valence-electron chi connectivity index (χ2n) is 4.54. The molecule has 1 fully saturated rings. The summed E-state index contributed by atoms with van der Waals surface area (Å²) >= 11 is 0. The van der Waals surface area contributed by atoms with Gasteiger partial charge in [-0.05, 0) is 23.8 Å². The molecule has 1 saturated heterocycles. The van der Waals surface area contributed by atoms with Crippen molar-refractivity contribution in [3.8, 4) is 5.75 Å². The molecule has 0 saturated carbocycles. The Labute approximate surface area is 110 Å². The molecule has 0 amide bonds. The molecule has 1 aromatic heterocycles. The third-order valence-electron chi connectivity index (χ3n) is 3.14. The summed E-state index contributed by atoms with van der Waals surface area (Å²) in [5.74, 6) is 0.535. The van der Waals surface area contributed by atoms with E-state index in [1.807, 2.05) is 24.4 Å². The molecule has 1 aromatic carbocycles. The van der Waals surface area contributed by atoms with Gasteiger partial charge in [-0.15, -0.1) is 0 Å². The molecule has 0 unspecified atom stereocenters. The average Bonchev–Trinajstić information content (AvgIpc) is 3.18. The number of aromatic nitrogens is 1. The van der Waals surface area contributed by atoms with Crippen molar-refractivity contribution in [1.82, 2.24) is 4.98 Å². The molecule has 0 spiro atoms. The quantitative estimate of drug-likeness (QED) is 0.656. The average molecular weight is 261 g/mol. The summed E-state index contributed by atoms with van der Waals surface area (Å²) in [7, 11) is 1.39. The fourth-order valence-electron chi connectivity index (χ4n) is 1.97. The summed E-state index contributed by atoms with van der Waals surface area (Å²) in [5.41, 5.74) is 1.89. The van der Waals surface area contributed by atoms with Gasteiger partial charge in [0.05, 0.1) is 20.1 Å². The predicted octanol–water partition coefficient (Wildman–Crippen LogP) is 1.66. The molecule has 5 heteroatoms. The smallest absolute Gasteiger partial charge is 0.310 e. The predicted molar refractivity (Wildman–Crippen MR) is 69.3 cm³/mol. The van der Waals surface area contributed by atoms with Gasteiger partial charge >= 0.3 is 5.97 Å². The standard InChI is InChI=1S/C14H15NO4/c1-17-14(16)4-9-6-15-13-3-2-10(5-12(9)13)18-7-11-8-19-11/h2-3,5-6,11,15H,4,7-8H2,1H3/t11-/m1/s1. The van der Waals surface area contributed by atoms with Gasteiger partial charge in [-0.3, -0.25) is 4.79 Å². The second kappa shape index (κ2) is 4.93. The van der Waals surface area contributed by atoms with Crippen molar-refractivity contribution in [2.45, 2.75) is 12.5 Å². The molecule has 19 heavy (non-hydrogen) atoms. The fourth-order valence-corrected chi connectivity index (χ4v) is 1.97. The van der Waals surface area contributed by atoms with Crippen molar-refractivity contribution in [3.05, 3.63) is 30.0 Å². The highest BCUT2D eigenvalue weighted by atomic mass is 16.6. The first-order chi connectivity index (χ1) is 9.26. The molecule has 5 nitrogen and oxygen atoms in total. The maximum absolute atomic E-state index is 11.3. The lowest BCUT2D eigenvalue weighted by Crippen LogP contribution is -2.04. The lowest BCUT2D eigenvalue weighted by molar-refractivity contribution is -0.139. The zero-order valence-electron chi connectivity index (χ0n) is 10.6. The molecular weight excluding hydrogens is 246 g/mol. The Balaban J connectivity index is 1.82. The maximum Gasteiger partial charge on any atom is 0.310 e. The number of esters is 1. The van der Waals surface area contributed by atoms with Crippen LogP contribution >= 0.6 is 0 Å². The highest BCUT2D eigenvalue weighted by molar-refractivity contribution is 5.88. The molecule has 100 valence electrons. The lowest BCUT2D eigenvalue weighted by atomic mass is 10.1. The highest BCUT2D eigenvalue weighted by Gasteiger charge is 2.23. The van der Waals surface area contributed by atoms with E-state index in [1.165, 1.54) is 7.11 Å². The number of carbonyl (C=O) groups is 1. The minimum atomic E-state index is -0.251. The zero-order valence-corrected chi connectivity index (χ0v) is 10.6. The van der Waals surface area contributed by atoms with Crippen LogP contribution in [0, 0.1) is 0 Å². The van der Waals surface area contributed by atoms with E-state index in [9.17, 15) is 4.79 Å². The molecule has 0 radical (unpaired) electrons. The van der Waals surface area contributed by atoms with E-state index in [1.54, 1.807) is 0 Å². The lowest BCUT2D eigenvalue weighted by Gasteiger charge is -2.05. The van der Waals surface area contributed by atoms with E-state index >= 15 is 0 Å². The van der Waals surface area contributed by atoms with Crippen LogP contribution in [0.2, 0.25) is 0 Å². The van der Waals surface area contributed by atoms with Crippen LogP contribution in [0.15, 0.2) is 24.4 Å². The first kappa shape index (κ1) is 12.0. The summed E-state index contributed by atoms with van der Waals surface area (Å²) < 4.78 is 15.4. The van der Waals surface area contributed by atoms with Gasteiger partial charge in [-0.25, -0.2) is 0 Å². The van der Waals surface area contributed by atoms with Gasteiger partial charge in [0.1, 0.15) is 18.5 Å². The normalized spacial score (nSPS) is 17.4. The first-order valence-electron chi connectivity index (χ1n) is 6.17. The van der Waals surface area contributed by atoms with Crippen LogP contribution in [0.5, 0.6) is 5.75 Å². The van der Waals surface area contributed by atoms with Gasteiger partial charge < -0.3 is 19.2 Å². The molecule has 0 aliphatic carbocycles. The number of benzene rings is 1. The van der Waals surface area contributed by atoms with Gasteiger partial charge in [0.15, 0.2) is 0 Å². The molecule has 1 atom stereocenters. The van der Waals surface area contributed by atoms with Gasteiger partial charge in [0.2, 0.25) is 0 Å². The highest BCUT2D eigenvalue weighted by Crippen LogP contribution is 2.25. The number of hydrogen-bond donors (Lipinski definition) is 1. The van der Waals surface area contributed by atoms with Crippen molar-refractivity contribution < 1.29 is 19.0 Å². The largest absolute Gasteiger partial charge is 0.491 e. The third kappa shape index (κ3) is 2.71. The van der Waals surface area contributed by atoms with E-state index < -0.39 is 0 Å². The van der Waals surface area contributed by atoms with Crippen LogP contribution in [0.3, 0.4) is 0 Å². The molecule has 2 aromatic rings. The molecule has 1 aliphatic heterocycles. The van der Waals surface area contributed by atoms with Gasteiger partial charge in [-0.1, -0.05) is 0 Å². The van der Waals surface area contributed by atoms with Crippen LogP contribution in [-0.4, -0.2) is 37.4 Å². The Morgan fingerprint density at radius 1 is 1.53 bits per heavy atom. The molecule has 1 aliphatic rings. The fraction of sp³-hybridized carbons (Fsp3) is 0.357. The summed E-state index contributed by atoms with van der Waals surface area (Å²) in [4.78, 5) is 14.5. The van der Waals surface area contributed by atoms with Crippen LogP contribution in [0.25, 0.3) is 10.9 Å². The van der Waals surface area contributed by atoms with Gasteiger partial charge in [-0.2, -0.15) is 0 Å². The minimum absolute atomic E-state index is 0.233. The Hall–Kier alpha value is -2.01. The van der Waals surface area contributed by atoms with Crippen molar-refractivity contribution in [2.24, 2.45) is 0 Å². The number of ether oxygens (including phenoxy) is 3.